The molecular formula is C18H33O4. The summed E-state index contributed by atoms with van der Waals surface area (Å²) in [5.41, 5.74) is 0. The molecule has 0 amide bonds. The third kappa shape index (κ3) is 12.7. The summed E-state index contributed by atoms with van der Waals surface area (Å²) < 4.78 is 9.75. The molecule has 0 aromatic heterocycles. The fourth-order valence-corrected chi connectivity index (χ4v) is 2.40. The van der Waals surface area contributed by atoms with Gasteiger partial charge < -0.3 is 9.47 Å². The Bertz CT molecular complexity index is 266. The summed E-state index contributed by atoms with van der Waals surface area (Å²) in [4.78, 5) is 21.9. The molecule has 1 unspecified atom stereocenters. The minimum absolute atomic E-state index is 0.414. The van der Waals surface area contributed by atoms with Gasteiger partial charge in [0.2, 0.25) is 0 Å². The normalized spacial score (nSPS) is 11.9. The monoisotopic (exact) mass is 313 g/mol. The van der Waals surface area contributed by atoms with E-state index in [-0.39, 0.29) is 0 Å². The van der Waals surface area contributed by atoms with Crippen LogP contribution >= 0.6 is 0 Å². The van der Waals surface area contributed by atoms with Gasteiger partial charge in [-0.15, -0.1) is 0 Å². The molecule has 0 aromatic carbocycles. The summed E-state index contributed by atoms with van der Waals surface area (Å²) in [6.45, 7) is 5.90. The maximum Gasteiger partial charge on any atom is 0.418 e. The molecule has 0 N–H and O–H groups in total. The average molecular weight is 313 g/mol. The molecule has 0 rings (SSSR count). The van der Waals surface area contributed by atoms with Gasteiger partial charge in [0.15, 0.2) is 6.10 Å². The first-order valence-corrected chi connectivity index (χ1v) is 8.95. The second kappa shape index (κ2) is 16.3. The molecule has 0 aliphatic heterocycles. The number of rotatable bonds is 16. The molecule has 22 heavy (non-hydrogen) atoms. The zero-order valence-corrected chi connectivity index (χ0v) is 14.4. The van der Waals surface area contributed by atoms with Crippen molar-refractivity contribution in [2.24, 2.45) is 0 Å². The summed E-state index contributed by atoms with van der Waals surface area (Å²) in [5, 5.41) is 0. The van der Waals surface area contributed by atoms with Gasteiger partial charge in [-0.1, -0.05) is 78.1 Å². The van der Waals surface area contributed by atoms with Crippen LogP contribution in [-0.2, 0) is 19.1 Å². The molecule has 0 spiro atoms. The molecule has 4 heteroatoms. The summed E-state index contributed by atoms with van der Waals surface area (Å²) in [6.07, 6.45) is 12.9. The van der Waals surface area contributed by atoms with Gasteiger partial charge in [0.25, 0.3) is 0 Å². The molecule has 0 saturated heterocycles. The number of ether oxygens (including phenoxy) is 2. The zero-order chi connectivity index (χ0) is 16.5. The largest absolute Gasteiger partial charge is 0.463 e. The highest BCUT2D eigenvalue weighted by atomic mass is 16.6. The Kier molecular flexibility index (Phi) is 15.5. The van der Waals surface area contributed by atoms with E-state index < -0.39 is 12.1 Å². The second-order valence-electron chi connectivity index (χ2n) is 5.83. The number of unbranched alkanes of at least 4 members (excludes halogenated alkanes) is 9. The molecule has 129 valence electrons. The highest BCUT2D eigenvalue weighted by molar-refractivity contribution is 5.75. The van der Waals surface area contributed by atoms with Crippen LogP contribution in [0.5, 0.6) is 0 Å². The van der Waals surface area contributed by atoms with Gasteiger partial charge in [-0.05, 0) is 12.8 Å². The highest BCUT2D eigenvalue weighted by Crippen LogP contribution is 2.11. The van der Waals surface area contributed by atoms with Crippen molar-refractivity contribution in [2.75, 3.05) is 6.61 Å². The summed E-state index contributed by atoms with van der Waals surface area (Å²) in [5.74, 6) is -0.443. The zero-order valence-electron chi connectivity index (χ0n) is 14.4. The number of carbonyl (C=O) groups excluding carboxylic acids is 2. The minimum Gasteiger partial charge on any atom is -0.463 e. The van der Waals surface area contributed by atoms with E-state index in [0.29, 0.717) is 13.0 Å². The highest BCUT2D eigenvalue weighted by Gasteiger charge is 2.20. The van der Waals surface area contributed by atoms with Crippen LogP contribution < -0.4 is 0 Å². The summed E-state index contributed by atoms with van der Waals surface area (Å²) in [7, 11) is 0. The quantitative estimate of drug-likeness (QED) is 0.306. The van der Waals surface area contributed by atoms with Crippen LogP contribution in [0, 0.1) is 0 Å². The number of esters is 1. The number of hydrogen-bond donors (Lipinski definition) is 0. The maximum absolute atomic E-state index is 11.7. The lowest BCUT2D eigenvalue weighted by atomic mass is 10.1. The number of hydrogen-bond acceptors (Lipinski definition) is 4. The Morgan fingerprint density at radius 2 is 1.41 bits per heavy atom. The Morgan fingerprint density at radius 1 is 0.864 bits per heavy atom. The average Bonchev–Trinajstić information content (AvgIpc) is 2.52. The molecule has 4 nitrogen and oxygen atoms in total. The standard InChI is InChI=1S/C18H33O4/c1-3-5-6-7-8-9-10-11-12-13-15-21-18(20)17(14-4-2)22-16-19/h17H,3-15H2,1-2H3. The first-order valence-electron chi connectivity index (χ1n) is 8.95. The fourth-order valence-electron chi connectivity index (χ4n) is 2.40. The van der Waals surface area contributed by atoms with Crippen LogP contribution in [0.3, 0.4) is 0 Å². The van der Waals surface area contributed by atoms with E-state index >= 15 is 0 Å². The van der Waals surface area contributed by atoms with Crippen molar-refractivity contribution in [2.45, 2.75) is 97.0 Å². The molecule has 0 aliphatic carbocycles. The van der Waals surface area contributed by atoms with Gasteiger partial charge in [0, 0.05) is 0 Å². The fraction of sp³-hybridized carbons (Fsp3) is 0.889. The molecular weight excluding hydrogens is 280 g/mol. The van der Waals surface area contributed by atoms with Gasteiger partial charge in [-0.3, -0.25) is 0 Å². The van der Waals surface area contributed by atoms with E-state index in [4.69, 9.17) is 4.74 Å². The van der Waals surface area contributed by atoms with Crippen LogP contribution in [0.15, 0.2) is 0 Å². The van der Waals surface area contributed by atoms with Crippen molar-refractivity contribution < 1.29 is 19.1 Å². The van der Waals surface area contributed by atoms with E-state index in [9.17, 15) is 9.59 Å². The first kappa shape index (κ1) is 20.9. The lowest BCUT2D eigenvalue weighted by molar-refractivity contribution is -0.153. The van der Waals surface area contributed by atoms with Crippen molar-refractivity contribution in [3.05, 3.63) is 0 Å². The topological polar surface area (TPSA) is 52.6 Å². The SMILES string of the molecule is CCCCCCCCCCCCOC(=O)C(CCC)O[C]=O. The van der Waals surface area contributed by atoms with Crippen molar-refractivity contribution in [1.82, 2.24) is 0 Å². The van der Waals surface area contributed by atoms with E-state index in [1.807, 2.05) is 6.92 Å². The number of carbonyl (C=O) groups is 1. The summed E-state index contributed by atoms with van der Waals surface area (Å²) in [6, 6.07) is 0. The molecule has 1 radical (unpaired) electrons. The van der Waals surface area contributed by atoms with Crippen molar-refractivity contribution in [1.29, 1.82) is 0 Å². The Hall–Kier alpha value is -1.06. The van der Waals surface area contributed by atoms with Crippen LogP contribution in [0.4, 0.5) is 0 Å². The lowest BCUT2D eigenvalue weighted by Crippen LogP contribution is -2.26. The van der Waals surface area contributed by atoms with Gasteiger partial charge in [0.05, 0.1) is 6.61 Å². The second-order valence-corrected chi connectivity index (χ2v) is 5.83. The van der Waals surface area contributed by atoms with Gasteiger partial charge in [-0.25, -0.2) is 9.59 Å². The lowest BCUT2D eigenvalue weighted by Gasteiger charge is -2.12. The van der Waals surface area contributed by atoms with Gasteiger partial charge in [-0.2, -0.15) is 0 Å². The van der Waals surface area contributed by atoms with Crippen LogP contribution in [0.2, 0.25) is 0 Å². The third-order valence-corrected chi connectivity index (χ3v) is 3.75. The van der Waals surface area contributed by atoms with E-state index in [0.717, 1.165) is 19.3 Å². The Labute approximate surface area is 135 Å². The molecule has 0 heterocycles. The van der Waals surface area contributed by atoms with Crippen molar-refractivity contribution in [3.63, 3.8) is 0 Å². The Morgan fingerprint density at radius 3 is 1.91 bits per heavy atom. The predicted molar refractivity (Wildman–Crippen MR) is 88.3 cm³/mol. The van der Waals surface area contributed by atoms with Gasteiger partial charge in [0.1, 0.15) is 0 Å². The molecule has 0 aliphatic rings. The summed E-state index contributed by atoms with van der Waals surface area (Å²) >= 11 is 0. The van der Waals surface area contributed by atoms with Gasteiger partial charge >= 0.3 is 12.4 Å². The van der Waals surface area contributed by atoms with Crippen LogP contribution in [0.1, 0.15) is 90.9 Å². The minimum atomic E-state index is -0.786. The predicted octanol–water partition coefficient (Wildman–Crippen LogP) is 4.70. The smallest absolute Gasteiger partial charge is 0.418 e. The Balaban J connectivity index is 3.40. The van der Waals surface area contributed by atoms with Crippen LogP contribution in [-0.4, -0.2) is 25.2 Å². The van der Waals surface area contributed by atoms with Crippen molar-refractivity contribution >= 4 is 12.4 Å². The van der Waals surface area contributed by atoms with E-state index in [2.05, 4.69) is 11.7 Å². The third-order valence-electron chi connectivity index (χ3n) is 3.75. The van der Waals surface area contributed by atoms with E-state index in [1.54, 1.807) is 0 Å². The molecule has 0 saturated carbocycles. The molecule has 0 aromatic rings. The first-order chi connectivity index (χ1) is 10.8. The molecule has 0 bridgehead atoms. The van der Waals surface area contributed by atoms with Crippen molar-refractivity contribution in [3.8, 4) is 0 Å². The molecule has 0 fully saturated rings. The maximum atomic E-state index is 11.7. The van der Waals surface area contributed by atoms with E-state index in [1.165, 1.54) is 57.8 Å². The molecule has 1 atom stereocenters. The van der Waals surface area contributed by atoms with Crippen LogP contribution in [0.25, 0.3) is 0 Å².